The van der Waals surface area contributed by atoms with Gasteiger partial charge in [0, 0.05) is 10.3 Å². The van der Waals surface area contributed by atoms with Crippen LogP contribution >= 0.6 is 11.3 Å². The first-order chi connectivity index (χ1) is 17.8. The lowest BCUT2D eigenvalue weighted by Crippen LogP contribution is -2.67. The largest absolute Gasteiger partial charge is 0.377 e. The van der Waals surface area contributed by atoms with E-state index in [0.29, 0.717) is 45.4 Å². The lowest BCUT2D eigenvalue weighted by Gasteiger charge is -2.73. The number of carbonyl (C=O) groups is 1. The summed E-state index contributed by atoms with van der Waals surface area (Å²) in [6, 6.07) is 4.28. The van der Waals surface area contributed by atoms with Gasteiger partial charge in [0.15, 0.2) is 5.78 Å². The highest BCUT2D eigenvalue weighted by molar-refractivity contribution is 7.10. The summed E-state index contributed by atoms with van der Waals surface area (Å²) in [6.07, 6.45) is 14.3. The van der Waals surface area contributed by atoms with Crippen molar-refractivity contribution in [3.8, 4) is 0 Å². The third kappa shape index (κ3) is 3.07. The van der Waals surface area contributed by atoms with E-state index in [0.717, 1.165) is 30.4 Å². The molecule has 2 nitrogen and oxygen atoms in total. The van der Waals surface area contributed by atoms with Crippen LogP contribution in [0.25, 0.3) is 6.08 Å². The van der Waals surface area contributed by atoms with Crippen LogP contribution in [-0.4, -0.2) is 18.5 Å². The van der Waals surface area contributed by atoms with Gasteiger partial charge in [0.05, 0.1) is 12.7 Å². The quantitative estimate of drug-likeness (QED) is 0.336. The fourth-order valence-corrected chi connectivity index (χ4v) is 13.2. The summed E-state index contributed by atoms with van der Waals surface area (Å²) in [7, 11) is 0. The highest BCUT2D eigenvalue weighted by Gasteiger charge is 2.73. The van der Waals surface area contributed by atoms with Gasteiger partial charge < -0.3 is 4.74 Å². The number of hydrogen-bond acceptors (Lipinski definition) is 3. The molecule has 0 spiro atoms. The van der Waals surface area contributed by atoms with Gasteiger partial charge in [-0.1, -0.05) is 54.5 Å². The van der Waals surface area contributed by atoms with E-state index in [2.05, 4.69) is 72.1 Å². The molecule has 0 unspecified atom stereocenters. The molecule has 6 fully saturated rings. The predicted octanol–water partition coefficient (Wildman–Crippen LogP) is 9.20. The smallest absolute Gasteiger partial charge is 0.164 e. The number of Topliss-reactive ketones (excluding diaryl/α,β-unsaturated/α-hetero) is 1. The molecule has 3 heteroatoms. The summed E-state index contributed by atoms with van der Waals surface area (Å²) >= 11 is 1.76. The number of rotatable bonds is 1. The average Bonchev–Trinajstić information content (AvgIpc) is 3.47. The van der Waals surface area contributed by atoms with Crippen molar-refractivity contribution >= 4 is 23.2 Å². The van der Waals surface area contributed by atoms with Gasteiger partial charge in [0.1, 0.15) is 0 Å². The van der Waals surface area contributed by atoms with Gasteiger partial charge in [-0.15, -0.1) is 11.3 Å². The Balaban J connectivity index is 1.29. The maximum Gasteiger partial charge on any atom is 0.164 e. The summed E-state index contributed by atoms with van der Waals surface area (Å²) in [4.78, 5) is 15.2. The maximum atomic E-state index is 13.9. The number of hydrogen-bond donors (Lipinski definition) is 0. The SMILES string of the molecule is CC1(C)CC[C@]23CC[C@]4(C)[C@@H](CC[C@@H]5[C@@]6(C)C/C(=C\c7cccs7)C(=O)C(C)(C)[C@H]6CC[C@]54C)[C@@H]2[C@H]1OC3. The molecule has 1 aromatic rings. The third-order valence-electron chi connectivity index (χ3n) is 14.6. The van der Waals surface area contributed by atoms with Gasteiger partial charge in [-0.25, -0.2) is 0 Å². The molecule has 0 aromatic carbocycles. The first-order valence-electron chi connectivity index (χ1n) is 15.7. The van der Waals surface area contributed by atoms with E-state index in [9.17, 15) is 4.79 Å². The molecule has 9 atom stereocenters. The van der Waals surface area contributed by atoms with Gasteiger partial charge in [-0.2, -0.15) is 0 Å². The fourth-order valence-electron chi connectivity index (χ4n) is 12.5. The molecule has 5 aliphatic carbocycles. The van der Waals surface area contributed by atoms with Crippen molar-refractivity contribution in [3.63, 3.8) is 0 Å². The molecule has 6 aliphatic rings. The van der Waals surface area contributed by atoms with Gasteiger partial charge in [-0.3, -0.25) is 4.79 Å². The molecule has 2 heterocycles. The average molecular weight is 535 g/mol. The summed E-state index contributed by atoms with van der Waals surface area (Å²) in [5.74, 6) is 3.09. The van der Waals surface area contributed by atoms with Crippen LogP contribution in [0.3, 0.4) is 0 Å². The van der Waals surface area contributed by atoms with Crippen molar-refractivity contribution in [1.29, 1.82) is 0 Å². The van der Waals surface area contributed by atoms with Gasteiger partial charge in [-0.05, 0) is 132 Å². The number of carbonyl (C=O) groups excluding carboxylic acids is 1. The summed E-state index contributed by atoms with van der Waals surface area (Å²) < 4.78 is 6.76. The first-order valence-corrected chi connectivity index (χ1v) is 16.6. The Morgan fingerprint density at radius 1 is 0.895 bits per heavy atom. The van der Waals surface area contributed by atoms with Crippen LogP contribution < -0.4 is 0 Å². The van der Waals surface area contributed by atoms with E-state index in [-0.39, 0.29) is 10.8 Å². The van der Waals surface area contributed by atoms with Crippen LogP contribution in [0.5, 0.6) is 0 Å². The third-order valence-corrected chi connectivity index (χ3v) is 15.4. The summed E-state index contributed by atoms with van der Waals surface area (Å²) in [5.41, 5.74) is 2.43. The van der Waals surface area contributed by atoms with E-state index in [1.807, 2.05) is 0 Å². The van der Waals surface area contributed by atoms with E-state index in [1.54, 1.807) is 11.3 Å². The maximum absolute atomic E-state index is 13.9. The van der Waals surface area contributed by atoms with Gasteiger partial charge >= 0.3 is 0 Å². The second kappa shape index (κ2) is 7.87. The number of ether oxygens (including phenoxy) is 1. The Morgan fingerprint density at radius 2 is 1.66 bits per heavy atom. The topological polar surface area (TPSA) is 26.3 Å². The van der Waals surface area contributed by atoms with Crippen LogP contribution in [-0.2, 0) is 9.53 Å². The van der Waals surface area contributed by atoms with Crippen molar-refractivity contribution in [2.45, 2.75) is 112 Å². The zero-order valence-electron chi connectivity index (χ0n) is 25.0. The molecule has 0 N–H and O–H groups in total. The fraction of sp³-hybridized carbons (Fsp3) is 0.800. The molecule has 1 aromatic heterocycles. The molecular formula is C35H50O2S. The molecule has 38 heavy (non-hydrogen) atoms. The second-order valence-corrected chi connectivity index (χ2v) is 17.7. The Labute approximate surface area is 235 Å². The van der Waals surface area contributed by atoms with Crippen LogP contribution in [0.15, 0.2) is 23.1 Å². The number of ketones is 1. The molecule has 0 radical (unpaired) electrons. The Morgan fingerprint density at radius 3 is 2.39 bits per heavy atom. The van der Waals surface area contributed by atoms with Gasteiger partial charge in [0.2, 0.25) is 0 Å². The Hall–Kier alpha value is -0.930. The Kier molecular flexibility index (Phi) is 5.39. The number of allylic oxidation sites excluding steroid dienone is 1. The molecular weight excluding hydrogens is 484 g/mol. The van der Waals surface area contributed by atoms with E-state index < -0.39 is 0 Å². The second-order valence-electron chi connectivity index (χ2n) is 16.7. The van der Waals surface area contributed by atoms with Crippen molar-refractivity contribution < 1.29 is 9.53 Å². The lowest BCUT2D eigenvalue weighted by molar-refractivity contribution is -0.236. The van der Waals surface area contributed by atoms with E-state index in [4.69, 9.17) is 4.74 Å². The molecule has 1 aliphatic heterocycles. The zero-order valence-corrected chi connectivity index (χ0v) is 25.8. The van der Waals surface area contributed by atoms with E-state index in [1.165, 1.54) is 56.2 Å². The molecule has 2 bridgehead atoms. The minimum atomic E-state index is -0.286. The summed E-state index contributed by atoms with van der Waals surface area (Å²) in [6.45, 7) is 18.6. The standard InChI is InChI=1S/C35H50O2S/c1-30(2)14-16-35-17-15-33(6)24(27(35)29(30)37-21-35)10-11-26-32(5)20-22(19-23-9-8-18-38-23)28(36)31(3,4)25(32)12-13-34(26,33)7/h8-9,18-19,24-27,29H,10-17,20-21H2,1-7H3/b22-19+/t24-,25+,26+,27+,29+,32-,33+,34+,35+/m0/s1. The molecule has 0 amide bonds. The summed E-state index contributed by atoms with van der Waals surface area (Å²) in [5, 5.41) is 2.13. The minimum absolute atomic E-state index is 0.179. The van der Waals surface area contributed by atoms with Crippen LogP contribution in [0.1, 0.15) is 111 Å². The first kappa shape index (κ1) is 26.0. The monoisotopic (exact) mass is 534 g/mol. The molecule has 1 saturated heterocycles. The van der Waals surface area contributed by atoms with Crippen molar-refractivity contribution in [1.82, 2.24) is 0 Å². The van der Waals surface area contributed by atoms with Crippen LogP contribution in [0.4, 0.5) is 0 Å². The zero-order chi connectivity index (χ0) is 26.9. The predicted molar refractivity (Wildman–Crippen MR) is 157 cm³/mol. The number of fused-ring (bicyclic) bond motifs is 5. The molecule has 7 rings (SSSR count). The minimum Gasteiger partial charge on any atom is -0.377 e. The van der Waals surface area contributed by atoms with E-state index >= 15 is 0 Å². The van der Waals surface area contributed by atoms with Gasteiger partial charge in [0.25, 0.3) is 0 Å². The highest BCUT2D eigenvalue weighted by Crippen LogP contribution is 2.78. The van der Waals surface area contributed by atoms with Crippen molar-refractivity contribution in [3.05, 3.63) is 28.0 Å². The lowest BCUT2D eigenvalue weighted by atomic mass is 9.31. The Bertz CT molecular complexity index is 1180. The van der Waals surface area contributed by atoms with Crippen LogP contribution in [0.2, 0.25) is 0 Å². The van der Waals surface area contributed by atoms with Crippen molar-refractivity contribution in [2.24, 2.45) is 56.2 Å². The normalized spacial score (nSPS) is 51.6. The molecule has 5 saturated carbocycles. The highest BCUT2D eigenvalue weighted by atomic mass is 32.1. The van der Waals surface area contributed by atoms with Crippen molar-refractivity contribution in [2.75, 3.05) is 6.61 Å². The number of thiophene rings is 1. The molecule has 208 valence electrons. The van der Waals surface area contributed by atoms with Crippen LogP contribution in [0, 0.1) is 56.2 Å².